The van der Waals surface area contributed by atoms with E-state index < -0.39 is 0 Å². The number of aliphatic hydroxyl groups is 1. The number of hydrogen-bond acceptors (Lipinski definition) is 4. The van der Waals surface area contributed by atoms with Gasteiger partial charge in [0.2, 0.25) is 0 Å². The van der Waals surface area contributed by atoms with Gasteiger partial charge >= 0.3 is 0 Å². The van der Waals surface area contributed by atoms with Gasteiger partial charge in [-0.3, -0.25) is 4.79 Å². The van der Waals surface area contributed by atoms with E-state index in [9.17, 15) is 4.79 Å². The Morgan fingerprint density at radius 2 is 2.35 bits per heavy atom. The maximum absolute atomic E-state index is 11.7. The fourth-order valence-corrected chi connectivity index (χ4v) is 2.49. The molecule has 2 N–H and O–H groups in total. The predicted molar refractivity (Wildman–Crippen MR) is 68.7 cm³/mol. The number of benzene rings is 1. The lowest BCUT2D eigenvalue weighted by atomic mass is 10.2. The van der Waals surface area contributed by atoms with Crippen LogP contribution < -0.4 is 5.32 Å². The number of aliphatic hydroxyl groups excluding tert-OH is 1. The Hall–Kier alpha value is -1.17. The molecule has 1 amide bonds. The number of halogens is 1. The number of aromatic nitrogens is 1. The molecule has 0 fully saturated rings. The topological polar surface area (TPSA) is 62.2 Å². The number of carbonyl (C=O) groups is 1. The second kappa shape index (κ2) is 5.44. The molecule has 1 aromatic carbocycles. The average molecular weight is 271 g/mol. The zero-order valence-electron chi connectivity index (χ0n) is 8.94. The van der Waals surface area contributed by atoms with Gasteiger partial charge in [0.05, 0.1) is 10.2 Å². The van der Waals surface area contributed by atoms with Crippen molar-refractivity contribution >= 4 is 39.1 Å². The third-order valence-electron chi connectivity index (χ3n) is 2.24. The molecule has 0 saturated carbocycles. The summed E-state index contributed by atoms with van der Waals surface area (Å²) in [5.74, 6) is -0.148. The Morgan fingerprint density at radius 3 is 3.12 bits per heavy atom. The van der Waals surface area contributed by atoms with Gasteiger partial charge in [-0.2, -0.15) is 0 Å². The van der Waals surface area contributed by atoms with Crippen LogP contribution >= 0.6 is 22.9 Å². The van der Waals surface area contributed by atoms with Crippen molar-refractivity contribution in [3.05, 3.63) is 28.2 Å². The van der Waals surface area contributed by atoms with Crippen LogP contribution in [0.5, 0.6) is 0 Å². The predicted octanol–water partition coefficient (Wildman–Crippen LogP) is 2.06. The summed E-state index contributed by atoms with van der Waals surface area (Å²) in [5, 5.41) is 11.3. The molecule has 1 aromatic heterocycles. The van der Waals surface area contributed by atoms with Crippen LogP contribution in [-0.2, 0) is 0 Å². The summed E-state index contributed by atoms with van der Waals surface area (Å²) in [6.07, 6.45) is 0.556. The summed E-state index contributed by atoms with van der Waals surface area (Å²) in [7, 11) is 0. The van der Waals surface area contributed by atoms with Gasteiger partial charge in [-0.05, 0) is 24.6 Å². The number of nitrogens with one attached hydrogen (secondary N) is 1. The molecule has 2 rings (SSSR count). The monoisotopic (exact) mass is 270 g/mol. The normalized spacial score (nSPS) is 10.7. The van der Waals surface area contributed by atoms with Crippen molar-refractivity contribution in [2.75, 3.05) is 13.2 Å². The van der Waals surface area contributed by atoms with Gasteiger partial charge < -0.3 is 10.4 Å². The van der Waals surface area contributed by atoms with Gasteiger partial charge in [0, 0.05) is 18.7 Å². The van der Waals surface area contributed by atoms with Gasteiger partial charge in [0.25, 0.3) is 5.91 Å². The third kappa shape index (κ3) is 2.94. The number of rotatable bonds is 4. The molecule has 4 nitrogen and oxygen atoms in total. The molecule has 0 aliphatic heterocycles. The number of thiazole rings is 1. The second-order valence-electron chi connectivity index (χ2n) is 3.48. The number of amides is 1. The lowest BCUT2D eigenvalue weighted by molar-refractivity contribution is 0.0951. The number of hydrogen-bond donors (Lipinski definition) is 2. The molecule has 2 aromatic rings. The van der Waals surface area contributed by atoms with E-state index >= 15 is 0 Å². The first kappa shape index (κ1) is 12.3. The van der Waals surface area contributed by atoms with Gasteiger partial charge in [0.15, 0.2) is 4.47 Å². The molecule has 1 heterocycles. The van der Waals surface area contributed by atoms with Gasteiger partial charge in [0.1, 0.15) is 0 Å². The minimum Gasteiger partial charge on any atom is -0.396 e. The van der Waals surface area contributed by atoms with Crippen molar-refractivity contribution in [3.8, 4) is 0 Å². The Morgan fingerprint density at radius 1 is 1.53 bits per heavy atom. The summed E-state index contributed by atoms with van der Waals surface area (Å²) < 4.78 is 1.36. The molecule has 0 atom stereocenters. The van der Waals surface area contributed by atoms with E-state index in [-0.39, 0.29) is 12.5 Å². The van der Waals surface area contributed by atoms with E-state index in [2.05, 4.69) is 10.3 Å². The Bertz CT molecular complexity index is 541. The van der Waals surface area contributed by atoms with Crippen molar-refractivity contribution in [3.63, 3.8) is 0 Å². The van der Waals surface area contributed by atoms with E-state index in [1.807, 2.05) is 0 Å². The van der Waals surface area contributed by atoms with Crippen LogP contribution in [-0.4, -0.2) is 29.1 Å². The van der Waals surface area contributed by atoms with Crippen molar-refractivity contribution in [1.82, 2.24) is 10.3 Å². The van der Waals surface area contributed by atoms with Crippen LogP contribution in [0.25, 0.3) is 10.2 Å². The minimum atomic E-state index is -0.148. The van der Waals surface area contributed by atoms with Crippen LogP contribution in [0.4, 0.5) is 0 Å². The highest BCUT2D eigenvalue weighted by Gasteiger charge is 2.08. The lowest BCUT2D eigenvalue weighted by Gasteiger charge is -2.03. The van der Waals surface area contributed by atoms with E-state index in [4.69, 9.17) is 16.7 Å². The maximum atomic E-state index is 11.7. The van der Waals surface area contributed by atoms with Gasteiger partial charge in [-0.15, -0.1) is 11.3 Å². The van der Waals surface area contributed by atoms with E-state index in [0.29, 0.717) is 23.0 Å². The number of carbonyl (C=O) groups excluding carboxylic acids is 1. The molecular weight excluding hydrogens is 260 g/mol. The maximum Gasteiger partial charge on any atom is 0.251 e. The number of fused-ring (bicyclic) bond motifs is 1. The summed E-state index contributed by atoms with van der Waals surface area (Å²) in [6, 6.07) is 5.26. The molecular formula is C11H11ClN2O2S. The van der Waals surface area contributed by atoms with Crippen LogP contribution in [0.1, 0.15) is 16.8 Å². The molecule has 0 radical (unpaired) electrons. The second-order valence-corrected chi connectivity index (χ2v) is 5.10. The standard InChI is InChI=1S/C11H11ClN2O2S/c12-11-14-8-3-2-7(6-9(8)17-11)10(16)13-4-1-5-15/h2-3,6,15H,1,4-5H2,(H,13,16). The fraction of sp³-hybridized carbons (Fsp3) is 0.273. The van der Waals surface area contributed by atoms with Crippen molar-refractivity contribution in [2.45, 2.75) is 6.42 Å². The molecule has 17 heavy (non-hydrogen) atoms. The van der Waals surface area contributed by atoms with Crippen LogP contribution in [0.2, 0.25) is 4.47 Å². The van der Waals surface area contributed by atoms with Crippen LogP contribution in [0.15, 0.2) is 18.2 Å². The first-order valence-electron chi connectivity index (χ1n) is 5.16. The first-order chi connectivity index (χ1) is 8.20. The van der Waals surface area contributed by atoms with Crippen LogP contribution in [0, 0.1) is 0 Å². The highest BCUT2D eigenvalue weighted by atomic mass is 35.5. The highest BCUT2D eigenvalue weighted by Crippen LogP contribution is 2.26. The minimum absolute atomic E-state index is 0.0732. The largest absolute Gasteiger partial charge is 0.396 e. The quantitative estimate of drug-likeness (QED) is 0.836. The molecule has 6 heteroatoms. The molecule has 0 aliphatic carbocycles. The SMILES string of the molecule is O=C(NCCCO)c1ccc2nc(Cl)sc2c1. The molecule has 0 spiro atoms. The summed E-state index contributed by atoms with van der Waals surface area (Å²) in [4.78, 5) is 15.8. The summed E-state index contributed by atoms with van der Waals surface area (Å²) >= 11 is 7.14. The molecule has 0 saturated heterocycles. The number of nitrogens with zero attached hydrogens (tertiary/aromatic N) is 1. The van der Waals surface area contributed by atoms with E-state index in [1.54, 1.807) is 18.2 Å². The Balaban J connectivity index is 2.15. The zero-order chi connectivity index (χ0) is 12.3. The smallest absolute Gasteiger partial charge is 0.251 e. The van der Waals surface area contributed by atoms with E-state index in [1.165, 1.54) is 11.3 Å². The lowest BCUT2D eigenvalue weighted by Crippen LogP contribution is -2.24. The summed E-state index contributed by atoms with van der Waals surface area (Å²) in [6.45, 7) is 0.542. The highest BCUT2D eigenvalue weighted by molar-refractivity contribution is 7.22. The molecule has 0 aliphatic rings. The molecule has 0 unspecified atom stereocenters. The Labute approximate surface area is 107 Å². The van der Waals surface area contributed by atoms with E-state index in [0.717, 1.165) is 10.2 Å². The van der Waals surface area contributed by atoms with Crippen molar-refractivity contribution in [2.24, 2.45) is 0 Å². The van der Waals surface area contributed by atoms with Crippen molar-refractivity contribution < 1.29 is 9.90 Å². The van der Waals surface area contributed by atoms with Gasteiger partial charge in [-0.25, -0.2) is 4.98 Å². The zero-order valence-corrected chi connectivity index (χ0v) is 10.5. The third-order valence-corrected chi connectivity index (χ3v) is 3.37. The van der Waals surface area contributed by atoms with Crippen molar-refractivity contribution in [1.29, 1.82) is 0 Å². The fourth-order valence-electron chi connectivity index (χ4n) is 1.42. The molecule has 90 valence electrons. The van der Waals surface area contributed by atoms with Gasteiger partial charge in [-0.1, -0.05) is 11.6 Å². The molecule has 0 bridgehead atoms. The average Bonchev–Trinajstić information content (AvgIpc) is 2.68. The first-order valence-corrected chi connectivity index (χ1v) is 6.35. The van der Waals surface area contributed by atoms with Crippen LogP contribution in [0.3, 0.4) is 0 Å². The summed E-state index contributed by atoms with van der Waals surface area (Å²) in [5.41, 5.74) is 1.38. The Kier molecular flexibility index (Phi) is 3.93.